The molecule has 1 aromatic rings. The highest BCUT2D eigenvalue weighted by molar-refractivity contribution is 6.74. The smallest absolute Gasteiger partial charge is 0.360 e. The summed E-state index contributed by atoms with van der Waals surface area (Å²) in [5, 5.41) is 11.2. The van der Waals surface area contributed by atoms with Crippen LogP contribution in [0.1, 0.15) is 70.8 Å². The first-order valence-electron chi connectivity index (χ1n) is 12.8. The third-order valence-electron chi connectivity index (χ3n) is 7.45. The van der Waals surface area contributed by atoms with E-state index in [2.05, 4.69) is 81.7 Å². The molecule has 2 rings (SSSR count). The Kier molecular flexibility index (Phi) is 10.3. The van der Waals surface area contributed by atoms with Gasteiger partial charge in [-0.05, 0) is 49.7 Å². The predicted molar refractivity (Wildman–Crippen MR) is 148 cm³/mol. The van der Waals surface area contributed by atoms with E-state index in [0.717, 1.165) is 6.42 Å². The highest BCUT2D eigenvalue weighted by atomic mass is 28.4. The number of aliphatic hydroxyl groups is 1. The zero-order valence-electron chi connectivity index (χ0n) is 23.4. The zero-order chi connectivity index (χ0) is 27.1. The van der Waals surface area contributed by atoms with Gasteiger partial charge in [-0.1, -0.05) is 77.2 Å². The minimum absolute atomic E-state index is 0.109. The van der Waals surface area contributed by atoms with E-state index in [-0.39, 0.29) is 16.8 Å². The average Bonchev–Trinajstić information content (AvgIpc) is 3.36. The molecule has 1 heterocycles. The van der Waals surface area contributed by atoms with Crippen molar-refractivity contribution in [2.75, 3.05) is 7.11 Å². The topological polar surface area (TPSA) is 81.8 Å². The van der Waals surface area contributed by atoms with Crippen LogP contribution in [0.2, 0.25) is 18.1 Å². The van der Waals surface area contributed by atoms with E-state index in [1.165, 1.54) is 13.4 Å². The van der Waals surface area contributed by atoms with Crippen molar-refractivity contribution in [3.63, 3.8) is 0 Å². The van der Waals surface area contributed by atoms with Crippen LogP contribution in [-0.2, 0) is 9.16 Å². The Balaban J connectivity index is 1.87. The maximum absolute atomic E-state index is 11.4. The molecule has 200 valence electrons. The van der Waals surface area contributed by atoms with Crippen LogP contribution < -0.4 is 0 Å². The Hall–Kier alpha value is -2.22. The fraction of sp³-hybridized carbons (Fsp3) is 0.586. The molecule has 0 aliphatic heterocycles. The van der Waals surface area contributed by atoms with Crippen LogP contribution in [-0.4, -0.2) is 43.7 Å². The normalized spacial score (nSPS) is 21.2. The number of allylic oxidation sites excluding steroid dienone is 5. The average molecular weight is 516 g/mol. The molecule has 0 radical (unpaired) electrons. The van der Waals surface area contributed by atoms with Crippen LogP contribution in [0, 0.1) is 17.3 Å². The quantitative estimate of drug-likeness (QED) is 0.140. The van der Waals surface area contributed by atoms with Gasteiger partial charge in [-0.3, -0.25) is 0 Å². The third-order valence-corrected chi connectivity index (χ3v) is 11.9. The summed E-state index contributed by atoms with van der Waals surface area (Å²) in [6.07, 6.45) is 18.5. The molecule has 0 aromatic carbocycles. The summed E-state index contributed by atoms with van der Waals surface area (Å²) in [7, 11) is -0.669. The second-order valence-electron chi connectivity index (χ2n) is 11.7. The van der Waals surface area contributed by atoms with Crippen molar-refractivity contribution in [3.05, 3.63) is 60.4 Å². The van der Waals surface area contributed by atoms with Crippen molar-refractivity contribution in [3.8, 4) is 0 Å². The summed E-state index contributed by atoms with van der Waals surface area (Å²) in [4.78, 5) is 15.5. The molecule has 0 spiro atoms. The van der Waals surface area contributed by atoms with Crippen LogP contribution in [0.15, 0.2) is 53.2 Å². The minimum Gasteiger partial charge on any atom is -0.464 e. The van der Waals surface area contributed by atoms with Crippen LogP contribution >= 0.6 is 0 Å². The summed E-state index contributed by atoms with van der Waals surface area (Å²) in [5.74, 6) is 0.824. The Morgan fingerprint density at radius 2 is 1.89 bits per heavy atom. The van der Waals surface area contributed by atoms with E-state index in [9.17, 15) is 9.90 Å². The molecule has 1 aliphatic carbocycles. The molecule has 36 heavy (non-hydrogen) atoms. The lowest BCUT2D eigenvalue weighted by Gasteiger charge is -2.44. The molecule has 0 unspecified atom stereocenters. The number of carbonyl (C=O) groups is 1. The van der Waals surface area contributed by atoms with Crippen LogP contribution in [0.3, 0.4) is 0 Å². The van der Waals surface area contributed by atoms with E-state index < -0.39 is 25.8 Å². The molecular weight excluding hydrogens is 470 g/mol. The van der Waals surface area contributed by atoms with Crippen LogP contribution in [0.4, 0.5) is 0 Å². The summed E-state index contributed by atoms with van der Waals surface area (Å²) < 4.78 is 16.6. The zero-order valence-corrected chi connectivity index (χ0v) is 24.4. The number of hydrogen-bond acceptors (Lipinski definition) is 6. The van der Waals surface area contributed by atoms with Gasteiger partial charge in [0.15, 0.2) is 14.0 Å². The van der Waals surface area contributed by atoms with E-state index in [4.69, 9.17) is 8.84 Å². The number of aromatic nitrogens is 1. The van der Waals surface area contributed by atoms with Gasteiger partial charge >= 0.3 is 5.97 Å². The molecule has 0 saturated heterocycles. The van der Waals surface area contributed by atoms with Gasteiger partial charge in [0.1, 0.15) is 6.26 Å². The number of rotatable bonds is 12. The lowest BCUT2D eigenvalue weighted by Crippen LogP contribution is -2.50. The number of methoxy groups -OCH3 is 1. The van der Waals surface area contributed by atoms with Gasteiger partial charge in [0.05, 0.1) is 19.3 Å². The van der Waals surface area contributed by atoms with E-state index in [1.807, 2.05) is 25.2 Å². The fourth-order valence-corrected chi connectivity index (χ4v) is 4.94. The predicted octanol–water partition coefficient (Wildman–Crippen LogP) is 6.97. The van der Waals surface area contributed by atoms with Gasteiger partial charge in [0.2, 0.25) is 5.89 Å². The number of nitrogens with zero attached hydrogens (tertiary/aromatic N) is 1. The molecule has 0 amide bonds. The van der Waals surface area contributed by atoms with Gasteiger partial charge in [-0.15, -0.1) is 0 Å². The van der Waals surface area contributed by atoms with Crippen molar-refractivity contribution >= 4 is 20.4 Å². The third kappa shape index (κ3) is 8.15. The number of aliphatic hydroxyl groups excluding tert-OH is 1. The van der Waals surface area contributed by atoms with Crippen molar-refractivity contribution in [2.45, 2.75) is 84.7 Å². The first-order valence-corrected chi connectivity index (χ1v) is 15.7. The number of carbonyl (C=O) groups excluding carboxylic acids is 1. The number of oxazole rings is 1. The van der Waals surface area contributed by atoms with Crippen LogP contribution in [0.5, 0.6) is 0 Å². The van der Waals surface area contributed by atoms with Gasteiger partial charge in [-0.2, -0.15) is 0 Å². The largest absolute Gasteiger partial charge is 0.464 e. The summed E-state index contributed by atoms with van der Waals surface area (Å²) in [6, 6.07) is 0. The lowest BCUT2D eigenvalue weighted by molar-refractivity contribution is -0.0181. The Morgan fingerprint density at radius 1 is 1.22 bits per heavy atom. The second-order valence-corrected chi connectivity index (χ2v) is 16.5. The Morgan fingerprint density at radius 3 is 2.50 bits per heavy atom. The molecule has 6 nitrogen and oxygen atoms in total. The molecule has 1 fully saturated rings. The molecule has 1 N–H and O–H groups in total. The van der Waals surface area contributed by atoms with Crippen LogP contribution in [0.25, 0.3) is 6.08 Å². The van der Waals surface area contributed by atoms with E-state index >= 15 is 0 Å². The van der Waals surface area contributed by atoms with E-state index in [1.54, 1.807) is 6.08 Å². The van der Waals surface area contributed by atoms with Crippen molar-refractivity contribution in [1.29, 1.82) is 0 Å². The lowest BCUT2D eigenvalue weighted by atomic mass is 9.79. The monoisotopic (exact) mass is 515 g/mol. The van der Waals surface area contributed by atoms with Gasteiger partial charge in [-0.25, -0.2) is 9.78 Å². The van der Waals surface area contributed by atoms with Crippen molar-refractivity contribution in [1.82, 2.24) is 4.98 Å². The molecule has 4 atom stereocenters. The minimum atomic E-state index is -1.98. The summed E-state index contributed by atoms with van der Waals surface area (Å²) in [6.45, 7) is 17.4. The Bertz CT molecular complexity index is 980. The summed E-state index contributed by atoms with van der Waals surface area (Å²) in [5.41, 5.74) is -0.254. The second kappa shape index (κ2) is 12.3. The highest BCUT2D eigenvalue weighted by Crippen LogP contribution is 2.42. The first-order chi connectivity index (χ1) is 16.7. The van der Waals surface area contributed by atoms with Gasteiger partial charge < -0.3 is 18.7 Å². The molecule has 0 bridgehead atoms. The highest BCUT2D eigenvalue weighted by Gasteiger charge is 2.44. The first kappa shape index (κ1) is 30.0. The molecule has 1 aliphatic rings. The molecular formula is C29H45NO5Si. The summed E-state index contributed by atoms with van der Waals surface area (Å²) >= 11 is 0. The van der Waals surface area contributed by atoms with Gasteiger partial charge in [0.25, 0.3) is 0 Å². The maximum atomic E-state index is 11.4. The van der Waals surface area contributed by atoms with Crippen molar-refractivity contribution in [2.24, 2.45) is 17.3 Å². The number of ether oxygens (including phenoxy) is 1. The van der Waals surface area contributed by atoms with Crippen molar-refractivity contribution < 1.29 is 23.5 Å². The fourth-order valence-electron chi connectivity index (χ4n) is 3.57. The van der Waals surface area contributed by atoms with E-state index in [0.29, 0.717) is 24.1 Å². The SMILES string of the molecule is C/C=C/[C@H](O[Si](C)(C)C(C)(C)C)C(C)(C)[C@@H](O)C/C=C\[C@H]1C[C@H]1/C=C/C=C\c1nc(C(=O)OC)co1. The Labute approximate surface area is 218 Å². The van der Waals surface area contributed by atoms with Gasteiger partial charge in [0, 0.05) is 11.5 Å². The molecule has 1 aromatic heterocycles. The number of esters is 1. The maximum Gasteiger partial charge on any atom is 0.360 e. The number of hydrogen-bond donors (Lipinski definition) is 1. The molecule has 7 heteroatoms. The standard InChI is InChI=1S/C29H45NO5Si/c1-10-14-25(35-36(8,9)28(2,3)4)29(5,6)24(31)17-13-16-22-19-21(22)15-11-12-18-26-30-23(20-34-26)27(32)33-7/h10-16,18,20-22,24-25,31H,17,19H2,1-9H3/b14-10+,15-11+,16-13-,18-12-/t21-,22+,24+,25+/m1/s1. The molecule has 1 saturated carbocycles.